The van der Waals surface area contributed by atoms with Crippen molar-refractivity contribution in [2.24, 2.45) is 0 Å². The summed E-state index contributed by atoms with van der Waals surface area (Å²) in [5.74, 6) is 0. The van der Waals surface area contributed by atoms with E-state index in [0.29, 0.717) is 0 Å². The molecule has 0 aliphatic rings. The maximum absolute atomic E-state index is 2.14. The summed E-state index contributed by atoms with van der Waals surface area (Å²) in [7, 11) is 0. The monoisotopic (exact) mass is 296 g/mol. The molecule has 0 bridgehead atoms. The minimum absolute atomic E-state index is 1.35. The van der Waals surface area contributed by atoms with E-state index in [4.69, 9.17) is 0 Å². The van der Waals surface area contributed by atoms with Gasteiger partial charge >= 0.3 is 0 Å². The van der Waals surface area contributed by atoms with Crippen LogP contribution in [-0.4, -0.2) is 0 Å². The van der Waals surface area contributed by atoms with Crippen LogP contribution in [0.25, 0.3) is 10.1 Å². The Bertz CT molecular complexity index is 593. The topological polar surface area (TPSA) is 0 Å². The zero-order valence-electron chi connectivity index (χ0n) is 11.1. The second-order valence-corrected chi connectivity index (χ2v) is 5.67. The molecule has 2 aromatic heterocycles. The van der Waals surface area contributed by atoms with Gasteiger partial charge in [-0.2, -0.15) is 11.3 Å². The average molecular weight is 296 g/mol. The van der Waals surface area contributed by atoms with Gasteiger partial charge in [-0.25, -0.2) is 0 Å². The molecule has 4 aromatic rings. The largest absolute Gasteiger partial charge is 0.152 e. The van der Waals surface area contributed by atoms with Gasteiger partial charge in [0.15, 0.2) is 0 Å². The van der Waals surface area contributed by atoms with Crippen LogP contribution in [0.15, 0.2) is 95.0 Å². The van der Waals surface area contributed by atoms with Gasteiger partial charge in [0, 0.05) is 4.70 Å². The Balaban J connectivity index is 0.000000117. The van der Waals surface area contributed by atoms with E-state index in [1.807, 2.05) is 59.3 Å². The molecule has 0 spiro atoms. The van der Waals surface area contributed by atoms with Crippen molar-refractivity contribution in [2.75, 3.05) is 0 Å². The van der Waals surface area contributed by atoms with E-state index in [1.165, 1.54) is 10.1 Å². The van der Waals surface area contributed by atoms with Gasteiger partial charge in [0.2, 0.25) is 0 Å². The van der Waals surface area contributed by atoms with Gasteiger partial charge in [0.25, 0.3) is 0 Å². The van der Waals surface area contributed by atoms with Crippen molar-refractivity contribution in [2.45, 2.75) is 0 Å². The van der Waals surface area contributed by atoms with Crippen molar-refractivity contribution in [1.82, 2.24) is 0 Å². The maximum atomic E-state index is 2.14. The number of fused-ring (bicyclic) bond motifs is 1. The Labute approximate surface area is 128 Å². The summed E-state index contributed by atoms with van der Waals surface area (Å²) in [4.78, 5) is 0. The highest BCUT2D eigenvalue weighted by atomic mass is 32.1. The summed E-state index contributed by atoms with van der Waals surface area (Å²) < 4.78 is 1.37. The highest BCUT2D eigenvalue weighted by molar-refractivity contribution is 7.17. The van der Waals surface area contributed by atoms with Crippen LogP contribution in [0.1, 0.15) is 0 Å². The number of thiophene rings is 2. The molecule has 4 rings (SSSR count). The quantitative estimate of drug-likeness (QED) is 0.355. The zero-order chi connectivity index (χ0) is 13.9. The molecule has 100 valence electrons. The van der Waals surface area contributed by atoms with Gasteiger partial charge in [-0.15, -0.1) is 11.3 Å². The molecular formula is C18H16S2. The standard InChI is InChI=1S/C8H6S.C6H6.C4H4S/c1-2-4-8-7(3-1)5-6-9-8;1-2-4-6-5-3-1;1-2-4-5-3-1/h1-6H;1-6H;1-4H. The summed E-state index contributed by atoms with van der Waals surface area (Å²) in [6, 6.07) is 26.6. The third-order valence-electron chi connectivity index (χ3n) is 2.45. The van der Waals surface area contributed by atoms with Crippen LogP contribution in [0.2, 0.25) is 0 Å². The van der Waals surface area contributed by atoms with Crippen LogP contribution < -0.4 is 0 Å². The lowest BCUT2D eigenvalue weighted by Crippen LogP contribution is -1.56. The second-order valence-electron chi connectivity index (χ2n) is 3.91. The SMILES string of the molecule is c1ccc2sccc2c1.c1ccccc1.c1ccsc1. The van der Waals surface area contributed by atoms with Crippen molar-refractivity contribution < 1.29 is 0 Å². The lowest BCUT2D eigenvalue weighted by molar-refractivity contribution is 1.72. The first-order valence-corrected chi connectivity index (χ1v) is 8.18. The fraction of sp³-hybridized carbons (Fsp3) is 0. The van der Waals surface area contributed by atoms with Gasteiger partial charge in [0.1, 0.15) is 0 Å². The molecule has 2 aromatic carbocycles. The molecule has 0 saturated carbocycles. The van der Waals surface area contributed by atoms with Crippen LogP contribution in [0.5, 0.6) is 0 Å². The molecule has 2 heterocycles. The van der Waals surface area contributed by atoms with Gasteiger partial charge in [-0.05, 0) is 33.7 Å². The summed E-state index contributed by atoms with van der Waals surface area (Å²) >= 11 is 3.50. The van der Waals surface area contributed by atoms with E-state index in [9.17, 15) is 0 Å². The Morgan fingerprint density at radius 1 is 0.500 bits per heavy atom. The molecular weight excluding hydrogens is 280 g/mol. The third kappa shape index (κ3) is 5.39. The predicted octanol–water partition coefficient (Wildman–Crippen LogP) is 6.34. The first kappa shape index (κ1) is 14.5. The van der Waals surface area contributed by atoms with E-state index in [2.05, 4.69) is 35.7 Å². The van der Waals surface area contributed by atoms with E-state index in [-0.39, 0.29) is 0 Å². The van der Waals surface area contributed by atoms with Crippen LogP contribution >= 0.6 is 22.7 Å². The Morgan fingerprint density at radius 3 is 1.60 bits per heavy atom. The second kappa shape index (κ2) is 9.08. The molecule has 0 aliphatic carbocycles. The van der Waals surface area contributed by atoms with Gasteiger partial charge in [-0.1, -0.05) is 66.7 Å². The van der Waals surface area contributed by atoms with Crippen molar-refractivity contribution in [3.8, 4) is 0 Å². The third-order valence-corrected chi connectivity index (χ3v) is 3.98. The number of hydrogen-bond acceptors (Lipinski definition) is 2. The van der Waals surface area contributed by atoms with Crippen molar-refractivity contribution in [3.05, 3.63) is 95.0 Å². The summed E-state index contributed by atoms with van der Waals surface area (Å²) in [6.07, 6.45) is 0. The molecule has 0 amide bonds. The van der Waals surface area contributed by atoms with Crippen LogP contribution in [0.3, 0.4) is 0 Å². The molecule has 0 saturated heterocycles. The van der Waals surface area contributed by atoms with E-state index < -0.39 is 0 Å². The van der Waals surface area contributed by atoms with Crippen LogP contribution in [0, 0.1) is 0 Å². The average Bonchev–Trinajstić information content (AvgIpc) is 3.24. The zero-order valence-corrected chi connectivity index (χ0v) is 12.7. The lowest BCUT2D eigenvalue weighted by atomic mass is 10.3. The number of rotatable bonds is 0. The van der Waals surface area contributed by atoms with E-state index >= 15 is 0 Å². The molecule has 0 N–H and O–H groups in total. The smallest absolute Gasteiger partial charge is 0.0342 e. The lowest BCUT2D eigenvalue weighted by Gasteiger charge is -1.82. The van der Waals surface area contributed by atoms with Gasteiger partial charge in [0.05, 0.1) is 0 Å². The molecule has 0 radical (unpaired) electrons. The molecule has 0 aliphatic heterocycles. The Morgan fingerprint density at radius 2 is 1.10 bits per heavy atom. The molecule has 0 nitrogen and oxygen atoms in total. The molecule has 2 heteroatoms. The summed E-state index contributed by atoms with van der Waals surface area (Å²) in [5.41, 5.74) is 0. The van der Waals surface area contributed by atoms with Crippen molar-refractivity contribution in [3.63, 3.8) is 0 Å². The first-order valence-electron chi connectivity index (χ1n) is 6.36. The normalized spacial score (nSPS) is 9.00. The Hall–Kier alpha value is -1.90. The predicted molar refractivity (Wildman–Crippen MR) is 92.6 cm³/mol. The number of benzene rings is 2. The molecule has 0 unspecified atom stereocenters. The summed E-state index contributed by atoms with van der Waals surface area (Å²) in [6.45, 7) is 0. The minimum atomic E-state index is 1.35. The summed E-state index contributed by atoms with van der Waals surface area (Å²) in [5, 5.41) is 7.55. The van der Waals surface area contributed by atoms with E-state index in [0.717, 1.165) is 0 Å². The fourth-order valence-electron chi connectivity index (χ4n) is 1.52. The van der Waals surface area contributed by atoms with Gasteiger partial charge < -0.3 is 0 Å². The molecule has 20 heavy (non-hydrogen) atoms. The van der Waals surface area contributed by atoms with Gasteiger partial charge in [-0.3, -0.25) is 0 Å². The van der Waals surface area contributed by atoms with Crippen molar-refractivity contribution in [1.29, 1.82) is 0 Å². The minimum Gasteiger partial charge on any atom is -0.152 e. The van der Waals surface area contributed by atoms with Crippen LogP contribution in [-0.2, 0) is 0 Å². The fourth-order valence-corrected chi connectivity index (χ4v) is 2.76. The van der Waals surface area contributed by atoms with Crippen LogP contribution in [0.4, 0.5) is 0 Å². The van der Waals surface area contributed by atoms with E-state index in [1.54, 1.807) is 22.7 Å². The number of hydrogen-bond donors (Lipinski definition) is 0. The molecule has 0 atom stereocenters. The molecule has 0 fully saturated rings. The highest BCUT2D eigenvalue weighted by Crippen LogP contribution is 2.18. The van der Waals surface area contributed by atoms with Crippen molar-refractivity contribution >= 4 is 32.8 Å². The Kier molecular flexibility index (Phi) is 6.58. The first-order chi connectivity index (χ1) is 9.97. The highest BCUT2D eigenvalue weighted by Gasteiger charge is 1.87. The maximum Gasteiger partial charge on any atom is 0.0342 e.